The number of pyridine rings is 1. The summed E-state index contributed by atoms with van der Waals surface area (Å²) in [7, 11) is 0. The zero-order valence-corrected chi connectivity index (χ0v) is 12.2. The molecule has 0 unspecified atom stereocenters. The third-order valence-corrected chi connectivity index (χ3v) is 3.81. The number of rotatable bonds is 1. The molecule has 0 fully saturated rings. The van der Waals surface area contributed by atoms with E-state index in [-0.39, 0.29) is 5.52 Å². The quantitative estimate of drug-likeness (QED) is 0.469. The second-order valence-electron chi connectivity index (χ2n) is 5.31. The van der Waals surface area contributed by atoms with Gasteiger partial charge in [-0.2, -0.15) is 13.2 Å². The fourth-order valence-electron chi connectivity index (χ4n) is 2.73. The van der Waals surface area contributed by atoms with Crippen LogP contribution in [0.4, 0.5) is 13.2 Å². The zero-order valence-electron chi connectivity index (χ0n) is 12.2. The Bertz CT molecular complexity index is 1040. The Morgan fingerprint density at radius 2 is 1.58 bits per heavy atom. The molecule has 0 bridgehead atoms. The van der Waals surface area contributed by atoms with Crippen LogP contribution >= 0.6 is 0 Å². The molecular weight excluding hydrogens is 315 g/mol. The Balaban J connectivity index is 2.00. The van der Waals surface area contributed by atoms with Crippen LogP contribution in [-0.4, -0.2) is 15.0 Å². The fraction of sp³-hybridized carbons (Fsp3) is 0.0556. The summed E-state index contributed by atoms with van der Waals surface area (Å²) in [5.74, 6) is -1.14. The molecule has 0 N–H and O–H groups in total. The molecule has 0 aliphatic carbocycles. The molecule has 0 saturated heterocycles. The van der Waals surface area contributed by atoms with E-state index in [2.05, 4.69) is 15.0 Å². The topological polar surface area (TPSA) is 38.7 Å². The number of hydrogen-bond donors (Lipinski definition) is 0. The van der Waals surface area contributed by atoms with Gasteiger partial charge < -0.3 is 0 Å². The summed E-state index contributed by atoms with van der Waals surface area (Å²) in [6.45, 7) is 0. The van der Waals surface area contributed by atoms with Gasteiger partial charge in [0, 0.05) is 23.2 Å². The van der Waals surface area contributed by atoms with Crippen LogP contribution in [0.25, 0.3) is 32.9 Å². The minimum absolute atomic E-state index is 0.225. The minimum atomic E-state index is -4.57. The number of alkyl halides is 3. The summed E-state index contributed by atoms with van der Waals surface area (Å²) in [6, 6.07) is 14.9. The Hall–Kier alpha value is -3.02. The first kappa shape index (κ1) is 14.6. The van der Waals surface area contributed by atoms with Crippen LogP contribution in [0.1, 0.15) is 5.82 Å². The van der Waals surface area contributed by atoms with Gasteiger partial charge in [0.25, 0.3) is 0 Å². The van der Waals surface area contributed by atoms with Crippen molar-refractivity contribution in [1.29, 1.82) is 0 Å². The molecule has 0 amide bonds. The van der Waals surface area contributed by atoms with Gasteiger partial charge >= 0.3 is 6.18 Å². The first-order valence-corrected chi connectivity index (χ1v) is 7.21. The lowest BCUT2D eigenvalue weighted by molar-refractivity contribution is -0.144. The second-order valence-corrected chi connectivity index (χ2v) is 5.31. The number of halogens is 3. The standard InChI is InChI=1S/C18H10F3N3/c19-18(20,21)17-23-10-14-15(24-17)7-6-13-12(8-9-22-16(13)14)11-4-2-1-3-5-11/h1-10H. The van der Waals surface area contributed by atoms with E-state index in [0.717, 1.165) is 16.5 Å². The summed E-state index contributed by atoms with van der Waals surface area (Å²) in [4.78, 5) is 11.4. The van der Waals surface area contributed by atoms with E-state index in [0.29, 0.717) is 10.9 Å². The normalized spacial score (nSPS) is 12.0. The number of benzene rings is 2. The molecule has 4 rings (SSSR count). The summed E-state index contributed by atoms with van der Waals surface area (Å²) in [5, 5.41) is 1.35. The Morgan fingerprint density at radius 1 is 0.792 bits per heavy atom. The largest absolute Gasteiger partial charge is 0.451 e. The minimum Gasteiger partial charge on any atom is -0.255 e. The van der Waals surface area contributed by atoms with Crippen molar-refractivity contribution in [2.24, 2.45) is 0 Å². The van der Waals surface area contributed by atoms with Gasteiger partial charge in [0.15, 0.2) is 0 Å². The van der Waals surface area contributed by atoms with Crippen molar-refractivity contribution in [3.05, 3.63) is 66.7 Å². The SMILES string of the molecule is FC(F)(F)c1ncc2c(ccc3c(-c4ccccc4)ccnc32)n1. The molecule has 118 valence electrons. The Labute approximate surface area is 134 Å². The van der Waals surface area contributed by atoms with Gasteiger partial charge in [-0.15, -0.1) is 0 Å². The van der Waals surface area contributed by atoms with E-state index >= 15 is 0 Å². The summed E-state index contributed by atoms with van der Waals surface area (Å²) in [5.41, 5.74) is 2.78. The van der Waals surface area contributed by atoms with E-state index in [1.807, 2.05) is 36.4 Å². The molecule has 2 aromatic carbocycles. The van der Waals surface area contributed by atoms with E-state index in [1.54, 1.807) is 18.3 Å². The fourth-order valence-corrected chi connectivity index (χ4v) is 2.73. The van der Waals surface area contributed by atoms with Crippen LogP contribution in [0.2, 0.25) is 0 Å². The Kier molecular flexibility index (Phi) is 3.19. The molecule has 0 aliphatic rings. The molecule has 0 aliphatic heterocycles. The maximum atomic E-state index is 12.8. The van der Waals surface area contributed by atoms with E-state index < -0.39 is 12.0 Å². The van der Waals surface area contributed by atoms with Crippen molar-refractivity contribution in [2.75, 3.05) is 0 Å². The first-order valence-electron chi connectivity index (χ1n) is 7.21. The van der Waals surface area contributed by atoms with Gasteiger partial charge in [0.2, 0.25) is 5.82 Å². The highest BCUT2D eigenvalue weighted by atomic mass is 19.4. The van der Waals surface area contributed by atoms with E-state index in [4.69, 9.17) is 0 Å². The third kappa shape index (κ3) is 2.36. The lowest BCUT2D eigenvalue weighted by atomic mass is 10.00. The van der Waals surface area contributed by atoms with Gasteiger partial charge in [-0.3, -0.25) is 4.98 Å². The summed E-state index contributed by atoms with van der Waals surface area (Å²) >= 11 is 0. The molecule has 3 nitrogen and oxygen atoms in total. The molecule has 0 spiro atoms. The van der Waals surface area contributed by atoms with Crippen molar-refractivity contribution in [3.8, 4) is 11.1 Å². The second kappa shape index (κ2) is 5.26. The number of nitrogens with zero attached hydrogens (tertiary/aromatic N) is 3. The van der Waals surface area contributed by atoms with Crippen LogP contribution in [0.5, 0.6) is 0 Å². The monoisotopic (exact) mass is 325 g/mol. The third-order valence-electron chi connectivity index (χ3n) is 3.81. The molecular formula is C18H10F3N3. The van der Waals surface area contributed by atoms with Gasteiger partial charge in [-0.25, -0.2) is 9.97 Å². The number of fused-ring (bicyclic) bond motifs is 3. The van der Waals surface area contributed by atoms with Crippen LogP contribution in [0.15, 0.2) is 60.9 Å². The molecule has 6 heteroatoms. The maximum absolute atomic E-state index is 12.8. The van der Waals surface area contributed by atoms with Crippen molar-refractivity contribution < 1.29 is 13.2 Å². The average molecular weight is 325 g/mol. The highest BCUT2D eigenvalue weighted by Gasteiger charge is 2.34. The van der Waals surface area contributed by atoms with Gasteiger partial charge in [-0.1, -0.05) is 30.3 Å². The number of hydrogen-bond acceptors (Lipinski definition) is 3. The van der Waals surface area contributed by atoms with Crippen LogP contribution < -0.4 is 0 Å². The molecule has 0 radical (unpaired) electrons. The van der Waals surface area contributed by atoms with Crippen molar-refractivity contribution in [3.63, 3.8) is 0 Å². The first-order chi connectivity index (χ1) is 11.5. The van der Waals surface area contributed by atoms with Crippen LogP contribution in [0, 0.1) is 0 Å². The van der Waals surface area contributed by atoms with Gasteiger partial charge in [0.05, 0.1) is 11.0 Å². The van der Waals surface area contributed by atoms with Gasteiger partial charge in [0.1, 0.15) is 0 Å². The zero-order chi connectivity index (χ0) is 16.7. The Morgan fingerprint density at radius 3 is 2.33 bits per heavy atom. The highest BCUT2D eigenvalue weighted by Crippen LogP contribution is 2.32. The molecule has 24 heavy (non-hydrogen) atoms. The highest BCUT2D eigenvalue weighted by molar-refractivity contribution is 6.08. The van der Waals surface area contributed by atoms with Crippen LogP contribution in [0.3, 0.4) is 0 Å². The van der Waals surface area contributed by atoms with Crippen LogP contribution in [-0.2, 0) is 6.18 Å². The molecule has 0 atom stereocenters. The predicted octanol–water partition coefficient (Wildman–Crippen LogP) is 4.86. The number of aromatic nitrogens is 3. The predicted molar refractivity (Wildman–Crippen MR) is 85.3 cm³/mol. The molecule has 2 heterocycles. The van der Waals surface area contributed by atoms with E-state index in [9.17, 15) is 13.2 Å². The lowest BCUT2D eigenvalue weighted by Gasteiger charge is -2.10. The molecule has 0 saturated carbocycles. The summed E-state index contributed by atoms with van der Waals surface area (Å²) < 4.78 is 38.3. The van der Waals surface area contributed by atoms with Crippen molar-refractivity contribution in [1.82, 2.24) is 15.0 Å². The molecule has 2 aromatic heterocycles. The smallest absolute Gasteiger partial charge is 0.255 e. The summed E-state index contributed by atoms with van der Waals surface area (Å²) in [6.07, 6.45) is -1.74. The molecule has 4 aromatic rings. The van der Waals surface area contributed by atoms with Crippen molar-refractivity contribution >= 4 is 21.8 Å². The average Bonchev–Trinajstić information content (AvgIpc) is 2.60. The maximum Gasteiger partial charge on any atom is 0.451 e. The van der Waals surface area contributed by atoms with Gasteiger partial charge in [-0.05, 0) is 29.3 Å². The van der Waals surface area contributed by atoms with Crippen molar-refractivity contribution in [2.45, 2.75) is 6.18 Å². The van der Waals surface area contributed by atoms with E-state index in [1.165, 1.54) is 6.20 Å². The lowest BCUT2D eigenvalue weighted by Crippen LogP contribution is -2.10.